The fraction of sp³-hybridized carbons (Fsp3) is 0.542. The largest absolute Gasteiger partial charge is 0.497 e. The van der Waals surface area contributed by atoms with Gasteiger partial charge in [-0.05, 0) is 49.8 Å². The Hall–Kier alpha value is -3.07. The predicted molar refractivity (Wildman–Crippen MR) is 128 cm³/mol. The molecule has 1 fully saturated rings. The molecular weight excluding hydrogens is 422 g/mol. The van der Waals surface area contributed by atoms with Gasteiger partial charge in [-0.1, -0.05) is 26.0 Å². The lowest BCUT2D eigenvalue weighted by atomic mass is 10.2. The van der Waals surface area contributed by atoms with E-state index >= 15 is 0 Å². The highest BCUT2D eigenvalue weighted by molar-refractivity contribution is 5.74. The second-order valence-electron chi connectivity index (χ2n) is 9.13. The van der Waals surface area contributed by atoms with Crippen LogP contribution in [0.2, 0.25) is 0 Å². The number of hydrogen-bond acceptors (Lipinski definition) is 6. The average molecular weight is 456 g/mol. The lowest BCUT2D eigenvalue weighted by Gasteiger charge is -2.18. The molecule has 1 aliphatic carbocycles. The second kappa shape index (κ2) is 9.43. The molecule has 1 aromatic carbocycles. The molecule has 33 heavy (non-hydrogen) atoms. The summed E-state index contributed by atoms with van der Waals surface area (Å²) in [6.45, 7) is 6.99. The average Bonchev–Trinajstić information content (AvgIpc) is 3.36. The lowest BCUT2D eigenvalue weighted by molar-refractivity contribution is 0.171. The number of fused-ring (bicyclic) bond motifs is 1. The van der Waals surface area contributed by atoms with Gasteiger partial charge in [0, 0.05) is 13.1 Å². The van der Waals surface area contributed by atoms with Gasteiger partial charge in [-0.3, -0.25) is 18.5 Å². The Labute approximate surface area is 192 Å². The van der Waals surface area contributed by atoms with Gasteiger partial charge >= 0.3 is 5.69 Å². The summed E-state index contributed by atoms with van der Waals surface area (Å²) in [5.41, 5.74) is 1.05. The maximum absolute atomic E-state index is 13.4. The van der Waals surface area contributed by atoms with Crippen LogP contribution in [0.5, 0.6) is 5.75 Å². The molecule has 2 atom stereocenters. The number of anilines is 1. The number of nitrogens with one attached hydrogen (secondary N) is 1. The van der Waals surface area contributed by atoms with Crippen LogP contribution in [-0.4, -0.2) is 43.0 Å². The fourth-order valence-corrected chi connectivity index (χ4v) is 4.55. The van der Waals surface area contributed by atoms with Gasteiger partial charge < -0.3 is 15.2 Å². The van der Waals surface area contributed by atoms with E-state index in [0.717, 1.165) is 30.6 Å². The number of benzene rings is 1. The van der Waals surface area contributed by atoms with E-state index in [4.69, 9.17) is 9.72 Å². The van der Waals surface area contributed by atoms with Crippen LogP contribution in [0.25, 0.3) is 11.2 Å². The van der Waals surface area contributed by atoms with Crippen molar-refractivity contribution in [3.8, 4) is 5.75 Å². The minimum Gasteiger partial charge on any atom is -0.497 e. The molecule has 4 rings (SSSR count). The molecule has 1 saturated carbocycles. The Balaban J connectivity index is 1.92. The molecule has 9 heteroatoms. The van der Waals surface area contributed by atoms with Crippen LogP contribution in [0, 0.1) is 5.92 Å². The molecule has 9 nitrogen and oxygen atoms in total. The van der Waals surface area contributed by atoms with E-state index in [1.165, 1.54) is 4.57 Å². The highest BCUT2D eigenvalue weighted by atomic mass is 16.5. The van der Waals surface area contributed by atoms with Gasteiger partial charge in [0.1, 0.15) is 5.75 Å². The summed E-state index contributed by atoms with van der Waals surface area (Å²) in [6.07, 6.45) is 2.02. The van der Waals surface area contributed by atoms with Crippen molar-refractivity contribution >= 4 is 17.1 Å². The molecule has 0 bridgehead atoms. The van der Waals surface area contributed by atoms with Crippen molar-refractivity contribution in [3.05, 3.63) is 50.7 Å². The van der Waals surface area contributed by atoms with E-state index in [0.29, 0.717) is 30.2 Å². The number of nitrogens with zero attached hydrogens (tertiary/aromatic N) is 4. The summed E-state index contributed by atoms with van der Waals surface area (Å²) >= 11 is 0. The maximum Gasteiger partial charge on any atom is 0.332 e. The first-order chi connectivity index (χ1) is 15.8. The minimum absolute atomic E-state index is 0.143. The Morgan fingerprint density at radius 1 is 1.15 bits per heavy atom. The summed E-state index contributed by atoms with van der Waals surface area (Å²) in [7, 11) is 1.62. The molecular formula is C24H33N5O4. The molecule has 178 valence electrons. The Kier molecular flexibility index (Phi) is 6.60. The Morgan fingerprint density at radius 2 is 1.88 bits per heavy atom. The van der Waals surface area contributed by atoms with Gasteiger partial charge in [0.2, 0.25) is 5.95 Å². The summed E-state index contributed by atoms with van der Waals surface area (Å²) in [5.74, 6) is 1.45. The Bertz CT molecular complexity index is 1240. The lowest BCUT2D eigenvalue weighted by Crippen LogP contribution is -2.40. The molecule has 1 aliphatic rings. The fourth-order valence-electron chi connectivity index (χ4n) is 4.55. The molecule has 0 saturated heterocycles. The van der Waals surface area contributed by atoms with Crippen molar-refractivity contribution in [2.75, 3.05) is 12.4 Å². The monoisotopic (exact) mass is 455 g/mol. The molecule has 0 aliphatic heterocycles. The standard InChI is InChI=1S/C24H33N5O4/c1-5-27-22(31)20-21(29(24(27)32)13-15(2)3)26-23(25-18-7-6-8-19(18)30)28(20)14-16-9-11-17(33-4)12-10-16/h9-12,15,18-19,30H,5-8,13-14H2,1-4H3,(H,25,26)/t18-,19+/m1/s1. The number of ether oxygens (including phenoxy) is 1. The number of aliphatic hydroxyl groups is 1. The normalized spacial score (nSPS) is 18.4. The van der Waals surface area contributed by atoms with E-state index in [9.17, 15) is 14.7 Å². The molecule has 0 radical (unpaired) electrons. The van der Waals surface area contributed by atoms with E-state index in [1.54, 1.807) is 18.6 Å². The zero-order valence-electron chi connectivity index (χ0n) is 19.7. The zero-order valence-corrected chi connectivity index (χ0v) is 19.7. The number of rotatable bonds is 8. The third kappa shape index (κ3) is 4.42. The van der Waals surface area contributed by atoms with Crippen molar-refractivity contribution in [1.82, 2.24) is 18.7 Å². The van der Waals surface area contributed by atoms with Crippen molar-refractivity contribution in [3.63, 3.8) is 0 Å². The van der Waals surface area contributed by atoms with Crippen molar-refractivity contribution in [2.24, 2.45) is 5.92 Å². The quantitative estimate of drug-likeness (QED) is 0.541. The molecule has 2 heterocycles. The first-order valence-corrected chi connectivity index (χ1v) is 11.6. The van der Waals surface area contributed by atoms with Crippen LogP contribution in [0.15, 0.2) is 33.9 Å². The first-order valence-electron chi connectivity index (χ1n) is 11.6. The molecule has 2 N–H and O–H groups in total. The van der Waals surface area contributed by atoms with Crippen LogP contribution in [0.4, 0.5) is 5.95 Å². The smallest absolute Gasteiger partial charge is 0.332 e. The number of imidazole rings is 1. The van der Waals surface area contributed by atoms with E-state index in [1.807, 2.05) is 42.7 Å². The van der Waals surface area contributed by atoms with E-state index in [-0.39, 0.29) is 29.8 Å². The minimum atomic E-state index is -0.468. The SMILES string of the molecule is CCn1c(=O)c2c(nc(N[C@@H]3CCC[C@@H]3O)n2Cc2ccc(OC)cc2)n(CC(C)C)c1=O. The Morgan fingerprint density at radius 3 is 2.45 bits per heavy atom. The maximum atomic E-state index is 13.4. The van der Waals surface area contributed by atoms with Crippen molar-refractivity contribution in [2.45, 2.75) is 71.8 Å². The van der Waals surface area contributed by atoms with E-state index in [2.05, 4.69) is 5.32 Å². The summed E-state index contributed by atoms with van der Waals surface area (Å²) < 4.78 is 9.98. The van der Waals surface area contributed by atoms with Crippen LogP contribution in [0.3, 0.4) is 0 Å². The van der Waals surface area contributed by atoms with Crippen molar-refractivity contribution < 1.29 is 9.84 Å². The van der Waals surface area contributed by atoms with Gasteiger partial charge in [0.05, 0.1) is 25.8 Å². The predicted octanol–water partition coefficient (Wildman–Crippen LogP) is 2.42. The van der Waals surface area contributed by atoms with Crippen LogP contribution >= 0.6 is 0 Å². The van der Waals surface area contributed by atoms with Crippen LogP contribution < -0.4 is 21.3 Å². The number of methoxy groups -OCH3 is 1. The van der Waals surface area contributed by atoms with Gasteiger partial charge in [-0.25, -0.2) is 4.79 Å². The van der Waals surface area contributed by atoms with Gasteiger partial charge in [-0.15, -0.1) is 0 Å². The van der Waals surface area contributed by atoms with Gasteiger partial charge in [-0.2, -0.15) is 4.98 Å². The molecule has 0 spiro atoms. The van der Waals surface area contributed by atoms with E-state index < -0.39 is 6.10 Å². The van der Waals surface area contributed by atoms with Crippen LogP contribution in [-0.2, 0) is 19.6 Å². The number of aliphatic hydroxyl groups excluding tert-OH is 1. The third-order valence-electron chi connectivity index (χ3n) is 6.27. The summed E-state index contributed by atoms with van der Waals surface area (Å²) in [5, 5.41) is 13.8. The molecule has 2 aromatic heterocycles. The summed E-state index contributed by atoms with van der Waals surface area (Å²) in [6, 6.07) is 7.50. The topological polar surface area (TPSA) is 103 Å². The van der Waals surface area contributed by atoms with Crippen molar-refractivity contribution in [1.29, 1.82) is 0 Å². The summed E-state index contributed by atoms with van der Waals surface area (Å²) in [4.78, 5) is 31.3. The molecule has 3 aromatic rings. The second-order valence-corrected chi connectivity index (χ2v) is 9.13. The molecule has 0 unspecified atom stereocenters. The molecule has 0 amide bonds. The third-order valence-corrected chi connectivity index (χ3v) is 6.27. The van der Waals surface area contributed by atoms with Gasteiger partial charge in [0.15, 0.2) is 11.2 Å². The first kappa shape index (κ1) is 23.1. The highest BCUT2D eigenvalue weighted by Crippen LogP contribution is 2.26. The highest BCUT2D eigenvalue weighted by Gasteiger charge is 2.28. The van der Waals surface area contributed by atoms with Gasteiger partial charge in [0.25, 0.3) is 5.56 Å². The number of aromatic nitrogens is 4. The zero-order chi connectivity index (χ0) is 23.7. The van der Waals surface area contributed by atoms with Crippen LogP contribution in [0.1, 0.15) is 45.6 Å². The number of hydrogen-bond donors (Lipinski definition) is 2.